The number of rotatable bonds is 3. The van der Waals surface area contributed by atoms with Gasteiger partial charge in [0.15, 0.2) is 0 Å². The second-order valence-electron chi connectivity index (χ2n) is 6.77. The van der Waals surface area contributed by atoms with Crippen molar-refractivity contribution in [3.63, 3.8) is 0 Å². The zero-order valence-electron chi connectivity index (χ0n) is 14.2. The van der Waals surface area contributed by atoms with E-state index in [1.54, 1.807) is 0 Å². The van der Waals surface area contributed by atoms with E-state index in [-0.39, 0.29) is 12.1 Å². The van der Waals surface area contributed by atoms with Gasteiger partial charge in [-0.2, -0.15) is 0 Å². The molecule has 0 aliphatic carbocycles. The van der Waals surface area contributed by atoms with Crippen LogP contribution in [0.3, 0.4) is 0 Å². The largest absolute Gasteiger partial charge is 0.346 e. The van der Waals surface area contributed by atoms with Crippen molar-refractivity contribution in [1.82, 2.24) is 20.2 Å². The molecule has 2 aromatic carbocycles. The quantitative estimate of drug-likeness (QED) is 0.747. The third-order valence-electron chi connectivity index (χ3n) is 4.79. The molecule has 0 fully saturated rings. The van der Waals surface area contributed by atoms with Crippen LogP contribution in [0.25, 0.3) is 0 Å². The standard InChI is InChI=1S/C19H20ClN5/c1-12(2)13-6-8-14(9-7-13)17-11-18(15-4-3-5-16(20)10-15)25-19(21-17)22-23-24-25/h3-10,12,17-18H,11H2,1-2H3,(H,21,22,24)/t17-,18+/m1/s1. The molecule has 128 valence electrons. The molecule has 1 N–H and O–H groups in total. The highest BCUT2D eigenvalue weighted by Gasteiger charge is 2.30. The van der Waals surface area contributed by atoms with Crippen molar-refractivity contribution in [2.45, 2.75) is 38.3 Å². The number of tetrazole rings is 1. The predicted octanol–water partition coefficient (Wildman–Crippen LogP) is 4.60. The first kappa shape index (κ1) is 16.1. The summed E-state index contributed by atoms with van der Waals surface area (Å²) in [7, 11) is 0. The minimum atomic E-state index is 0.0553. The molecule has 1 aromatic heterocycles. The Morgan fingerprint density at radius 3 is 2.64 bits per heavy atom. The van der Waals surface area contributed by atoms with Gasteiger partial charge in [-0.3, -0.25) is 0 Å². The number of nitrogens with one attached hydrogen (secondary N) is 1. The van der Waals surface area contributed by atoms with E-state index < -0.39 is 0 Å². The summed E-state index contributed by atoms with van der Waals surface area (Å²) in [6, 6.07) is 16.9. The Balaban J connectivity index is 1.68. The monoisotopic (exact) mass is 353 g/mol. The minimum absolute atomic E-state index is 0.0553. The Bertz CT molecular complexity index is 872. The van der Waals surface area contributed by atoms with Gasteiger partial charge in [0.2, 0.25) is 5.95 Å². The zero-order chi connectivity index (χ0) is 17.4. The summed E-state index contributed by atoms with van der Waals surface area (Å²) in [5.41, 5.74) is 3.70. The van der Waals surface area contributed by atoms with Crippen LogP contribution in [0.2, 0.25) is 5.02 Å². The second-order valence-corrected chi connectivity index (χ2v) is 7.21. The first-order valence-corrected chi connectivity index (χ1v) is 8.89. The van der Waals surface area contributed by atoms with E-state index in [1.807, 2.05) is 22.9 Å². The number of hydrogen-bond donors (Lipinski definition) is 1. The van der Waals surface area contributed by atoms with Crippen LogP contribution in [0.15, 0.2) is 48.5 Å². The highest BCUT2D eigenvalue weighted by Crippen LogP contribution is 2.37. The van der Waals surface area contributed by atoms with E-state index in [0.29, 0.717) is 11.9 Å². The fourth-order valence-electron chi connectivity index (χ4n) is 3.36. The fourth-order valence-corrected chi connectivity index (χ4v) is 3.56. The van der Waals surface area contributed by atoms with Crippen LogP contribution < -0.4 is 5.32 Å². The Morgan fingerprint density at radius 1 is 1.12 bits per heavy atom. The van der Waals surface area contributed by atoms with E-state index in [1.165, 1.54) is 11.1 Å². The third kappa shape index (κ3) is 3.12. The first-order valence-electron chi connectivity index (χ1n) is 8.51. The topological polar surface area (TPSA) is 55.6 Å². The van der Waals surface area contributed by atoms with Crippen LogP contribution in [0.4, 0.5) is 5.95 Å². The smallest absolute Gasteiger partial charge is 0.243 e. The maximum absolute atomic E-state index is 6.19. The molecule has 2 heterocycles. The molecule has 25 heavy (non-hydrogen) atoms. The number of anilines is 1. The van der Waals surface area contributed by atoms with E-state index >= 15 is 0 Å². The average molecular weight is 354 g/mol. The van der Waals surface area contributed by atoms with Gasteiger partial charge in [0, 0.05) is 5.02 Å². The van der Waals surface area contributed by atoms with Gasteiger partial charge in [0.05, 0.1) is 12.1 Å². The van der Waals surface area contributed by atoms with Gasteiger partial charge in [-0.25, -0.2) is 4.68 Å². The molecule has 6 heteroatoms. The van der Waals surface area contributed by atoms with Gasteiger partial charge in [0.1, 0.15) is 0 Å². The van der Waals surface area contributed by atoms with Crippen LogP contribution >= 0.6 is 11.6 Å². The lowest BCUT2D eigenvalue weighted by molar-refractivity contribution is 0.424. The van der Waals surface area contributed by atoms with Crippen molar-refractivity contribution in [2.24, 2.45) is 0 Å². The third-order valence-corrected chi connectivity index (χ3v) is 5.02. The summed E-state index contributed by atoms with van der Waals surface area (Å²) in [6.07, 6.45) is 0.861. The lowest BCUT2D eigenvalue weighted by atomic mass is 9.92. The SMILES string of the molecule is CC(C)c1ccc([C@H]2C[C@@H](c3cccc(Cl)c3)n3nnnc3N2)cc1. The molecule has 1 aliphatic rings. The number of aromatic nitrogens is 4. The molecule has 0 unspecified atom stereocenters. The number of fused-ring (bicyclic) bond motifs is 1. The molecule has 5 nitrogen and oxygen atoms in total. The van der Waals surface area contributed by atoms with Crippen molar-refractivity contribution in [3.05, 3.63) is 70.2 Å². The molecule has 4 rings (SSSR count). The van der Waals surface area contributed by atoms with Gasteiger partial charge in [0.25, 0.3) is 0 Å². The molecular formula is C19H20ClN5. The van der Waals surface area contributed by atoms with Gasteiger partial charge >= 0.3 is 0 Å². The van der Waals surface area contributed by atoms with Crippen molar-refractivity contribution in [3.8, 4) is 0 Å². The van der Waals surface area contributed by atoms with E-state index in [4.69, 9.17) is 11.6 Å². The van der Waals surface area contributed by atoms with Gasteiger partial charge < -0.3 is 5.32 Å². The van der Waals surface area contributed by atoms with Crippen molar-refractivity contribution in [2.75, 3.05) is 5.32 Å². The van der Waals surface area contributed by atoms with E-state index in [2.05, 4.69) is 65.0 Å². The minimum Gasteiger partial charge on any atom is -0.346 e. The summed E-state index contributed by atoms with van der Waals surface area (Å²) >= 11 is 6.19. The fraction of sp³-hybridized carbons (Fsp3) is 0.316. The number of nitrogens with zero attached hydrogens (tertiary/aromatic N) is 4. The number of benzene rings is 2. The van der Waals surface area contributed by atoms with Crippen LogP contribution in [0.1, 0.15) is 55.0 Å². The lowest BCUT2D eigenvalue weighted by Gasteiger charge is -2.31. The Morgan fingerprint density at radius 2 is 1.92 bits per heavy atom. The molecule has 1 aliphatic heterocycles. The lowest BCUT2D eigenvalue weighted by Crippen LogP contribution is -2.28. The summed E-state index contributed by atoms with van der Waals surface area (Å²) in [5.74, 6) is 1.22. The number of halogens is 1. The summed E-state index contributed by atoms with van der Waals surface area (Å²) in [4.78, 5) is 0. The van der Waals surface area contributed by atoms with Crippen molar-refractivity contribution < 1.29 is 0 Å². The maximum atomic E-state index is 6.19. The van der Waals surface area contributed by atoms with E-state index in [0.717, 1.165) is 17.0 Å². The Hall–Kier alpha value is -2.40. The molecule has 0 bridgehead atoms. The predicted molar refractivity (Wildman–Crippen MR) is 98.9 cm³/mol. The summed E-state index contributed by atoms with van der Waals surface area (Å²) in [6.45, 7) is 4.41. The van der Waals surface area contributed by atoms with Crippen LogP contribution in [-0.4, -0.2) is 20.2 Å². The molecule has 0 amide bonds. The van der Waals surface area contributed by atoms with Gasteiger partial charge in [-0.05, 0) is 51.6 Å². The van der Waals surface area contributed by atoms with Crippen LogP contribution in [-0.2, 0) is 0 Å². The average Bonchev–Trinajstić information content (AvgIpc) is 3.09. The van der Waals surface area contributed by atoms with Gasteiger partial charge in [-0.15, -0.1) is 0 Å². The Kier molecular flexibility index (Phi) is 4.17. The summed E-state index contributed by atoms with van der Waals surface area (Å²) in [5, 5.41) is 16.3. The highest BCUT2D eigenvalue weighted by molar-refractivity contribution is 6.30. The molecule has 0 radical (unpaired) electrons. The van der Waals surface area contributed by atoms with Crippen molar-refractivity contribution in [1.29, 1.82) is 0 Å². The van der Waals surface area contributed by atoms with Crippen molar-refractivity contribution >= 4 is 17.5 Å². The van der Waals surface area contributed by atoms with E-state index in [9.17, 15) is 0 Å². The molecule has 3 aromatic rings. The zero-order valence-corrected chi connectivity index (χ0v) is 15.0. The molecule has 2 atom stereocenters. The molecule has 0 spiro atoms. The summed E-state index contributed by atoms with van der Waals surface area (Å²) < 4.78 is 1.84. The molecule has 0 saturated carbocycles. The maximum Gasteiger partial charge on any atom is 0.243 e. The van der Waals surface area contributed by atoms with Crippen LogP contribution in [0, 0.1) is 0 Å². The van der Waals surface area contributed by atoms with Gasteiger partial charge in [-0.1, -0.05) is 66.9 Å². The molecular weight excluding hydrogens is 334 g/mol. The normalized spacial score (nSPS) is 19.5. The highest BCUT2D eigenvalue weighted by atomic mass is 35.5. The second kappa shape index (κ2) is 6.48. The number of hydrogen-bond acceptors (Lipinski definition) is 4. The first-order chi connectivity index (χ1) is 12.1. The molecule has 0 saturated heterocycles. The van der Waals surface area contributed by atoms with Crippen LogP contribution in [0.5, 0.6) is 0 Å². The Labute approximate surface area is 152 Å².